The number of nitrogens with zero attached hydrogens (tertiary/aromatic N) is 3. The summed E-state index contributed by atoms with van der Waals surface area (Å²) in [4.78, 5) is 16.3. The zero-order valence-corrected chi connectivity index (χ0v) is 16.2. The summed E-state index contributed by atoms with van der Waals surface area (Å²) in [5.74, 6) is 0.484. The van der Waals surface area contributed by atoms with Crippen LogP contribution in [0.15, 0.2) is 24.4 Å². The van der Waals surface area contributed by atoms with Crippen LogP contribution in [0.4, 0.5) is 0 Å². The number of ether oxygens (including phenoxy) is 2. The van der Waals surface area contributed by atoms with E-state index in [9.17, 15) is 4.79 Å². The van der Waals surface area contributed by atoms with Crippen LogP contribution in [0.25, 0.3) is 5.82 Å². The number of carbonyl (C=O) groups excluding carboxylic acids is 1. The molecule has 0 fully saturated rings. The summed E-state index contributed by atoms with van der Waals surface area (Å²) in [5, 5.41) is 4.38. The number of rotatable bonds is 4. The Morgan fingerprint density at radius 3 is 2.40 bits per heavy atom. The number of carbonyl (C=O) groups is 1. The van der Waals surface area contributed by atoms with Gasteiger partial charge >= 0.3 is 5.97 Å². The first kappa shape index (κ1) is 19.2. The van der Waals surface area contributed by atoms with Gasteiger partial charge in [0.15, 0.2) is 5.82 Å². The number of esters is 1. The second kappa shape index (κ2) is 7.04. The van der Waals surface area contributed by atoms with Crippen molar-refractivity contribution >= 4 is 17.6 Å². The highest BCUT2D eigenvalue weighted by Crippen LogP contribution is 2.21. The molecule has 0 aliphatic carbocycles. The molecule has 0 N–H and O–H groups in total. The van der Waals surface area contributed by atoms with E-state index in [2.05, 4.69) is 30.9 Å². The average molecular weight is 366 g/mol. The van der Waals surface area contributed by atoms with Crippen LogP contribution in [0, 0.1) is 5.41 Å². The summed E-state index contributed by atoms with van der Waals surface area (Å²) in [5.41, 5.74) is -0.336. The maximum Gasteiger partial charge on any atom is 0.341 e. The molecule has 0 aromatic carbocycles. The van der Waals surface area contributed by atoms with Gasteiger partial charge in [-0.05, 0) is 38.3 Å². The van der Waals surface area contributed by atoms with Crippen molar-refractivity contribution in [2.24, 2.45) is 5.41 Å². The standard InChI is InChI=1S/C18H24ClN3O3/c1-17(2,3)11-24-14-9-10-22(21-14)13-8-7-12(15(19)20-13)16(23)25-18(4,5)6/h7-10H,11H2,1-6H3. The fourth-order valence-corrected chi connectivity index (χ4v) is 2.07. The van der Waals surface area contributed by atoms with Crippen LogP contribution >= 0.6 is 11.6 Å². The minimum atomic E-state index is -0.597. The van der Waals surface area contributed by atoms with E-state index in [1.165, 1.54) is 0 Å². The molecule has 0 radical (unpaired) electrons. The van der Waals surface area contributed by atoms with Gasteiger partial charge in [0.1, 0.15) is 10.8 Å². The van der Waals surface area contributed by atoms with E-state index in [0.29, 0.717) is 18.3 Å². The lowest BCUT2D eigenvalue weighted by atomic mass is 9.99. The molecule has 7 heteroatoms. The molecule has 2 aromatic heterocycles. The van der Waals surface area contributed by atoms with E-state index in [-0.39, 0.29) is 16.1 Å². The molecule has 0 saturated heterocycles. The Kier molecular flexibility index (Phi) is 5.42. The molecule has 0 aliphatic rings. The van der Waals surface area contributed by atoms with Crippen LogP contribution < -0.4 is 4.74 Å². The predicted molar refractivity (Wildman–Crippen MR) is 96.5 cm³/mol. The van der Waals surface area contributed by atoms with E-state index in [0.717, 1.165) is 0 Å². The normalized spacial score (nSPS) is 12.1. The lowest BCUT2D eigenvalue weighted by molar-refractivity contribution is 0.00693. The number of pyridine rings is 1. The van der Waals surface area contributed by atoms with Gasteiger partial charge in [0.2, 0.25) is 5.88 Å². The topological polar surface area (TPSA) is 66.2 Å². The molecule has 0 atom stereocenters. The van der Waals surface area contributed by atoms with E-state index in [1.807, 2.05) is 0 Å². The van der Waals surface area contributed by atoms with E-state index in [4.69, 9.17) is 21.1 Å². The SMILES string of the molecule is CC(C)(C)COc1ccn(-c2ccc(C(=O)OC(C)(C)C)c(Cl)n2)n1. The molecular formula is C18H24ClN3O3. The van der Waals surface area contributed by atoms with Crippen molar-refractivity contribution < 1.29 is 14.3 Å². The fourth-order valence-electron chi connectivity index (χ4n) is 1.84. The maximum atomic E-state index is 12.1. The van der Waals surface area contributed by atoms with Crippen LogP contribution in [-0.2, 0) is 4.74 Å². The highest BCUT2D eigenvalue weighted by molar-refractivity contribution is 6.32. The van der Waals surface area contributed by atoms with Gasteiger partial charge in [-0.2, -0.15) is 0 Å². The molecule has 2 rings (SSSR count). The first-order chi connectivity index (χ1) is 11.4. The smallest absolute Gasteiger partial charge is 0.341 e. The quantitative estimate of drug-likeness (QED) is 0.597. The summed E-state index contributed by atoms with van der Waals surface area (Å²) in [6, 6.07) is 4.99. The average Bonchev–Trinajstić information content (AvgIpc) is 2.91. The van der Waals surface area contributed by atoms with Crippen LogP contribution in [0.3, 0.4) is 0 Å². The second-order valence-electron chi connectivity index (χ2n) is 7.96. The lowest BCUT2D eigenvalue weighted by Crippen LogP contribution is -2.24. The van der Waals surface area contributed by atoms with E-state index < -0.39 is 11.6 Å². The molecular weight excluding hydrogens is 342 g/mol. The summed E-state index contributed by atoms with van der Waals surface area (Å²) in [6.45, 7) is 12.2. The predicted octanol–water partition coefficient (Wildman–Crippen LogP) is 4.30. The van der Waals surface area contributed by atoms with E-state index in [1.54, 1.807) is 49.8 Å². The maximum absolute atomic E-state index is 12.1. The Bertz CT molecular complexity index is 758. The van der Waals surface area contributed by atoms with Gasteiger partial charge in [-0.15, -0.1) is 5.10 Å². The fraction of sp³-hybridized carbons (Fsp3) is 0.500. The van der Waals surface area contributed by atoms with Gasteiger partial charge in [0.05, 0.1) is 12.2 Å². The van der Waals surface area contributed by atoms with Crippen molar-refractivity contribution in [2.45, 2.75) is 47.1 Å². The van der Waals surface area contributed by atoms with Crippen LogP contribution in [0.5, 0.6) is 5.88 Å². The summed E-state index contributed by atoms with van der Waals surface area (Å²) >= 11 is 6.15. The first-order valence-corrected chi connectivity index (χ1v) is 8.41. The van der Waals surface area contributed by atoms with Crippen molar-refractivity contribution in [2.75, 3.05) is 6.61 Å². The Morgan fingerprint density at radius 2 is 1.84 bits per heavy atom. The van der Waals surface area contributed by atoms with Crippen LogP contribution in [0.1, 0.15) is 51.9 Å². The molecule has 136 valence electrons. The third-order valence-corrected chi connectivity index (χ3v) is 3.19. The molecule has 0 unspecified atom stereocenters. The van der Waals surface area contributed by atoms with Crippen LogP contribution in [0.2, 0.25) is 5.15 Å². The van der Waals surface area contributed by atoms with Crippen LogP contribution in [-0.4, -0.2) is 32.9 Å². The lowest BCUT2D eigenvalue weighted by Gasteiger charge is -2.19. The third-order valence-electron chi connectivity index (χ3n) is 2.91. The highest BCUT2D eigenvalue weighted by Gasteiger charge is 2.21. The molecule has 25 heavy (non-hydrogen) atoms. The number of hydrogen-bond acceptors (Lipinski definition) is 5. The van der Waals surface area contributed by atoms with Crippen molar-refractivity contribution in [3.63, 3.8) is 0 Å². The number of hydrogen-bond donors (Lipinski definition) is 0. The van der Waals surface area contributed by atoms with Crippen molar-refractivity contribution in [1.29, 1.82) is 0 Å². The van der Waals surface area contributed by atoms with Gasteiger partial charge in [0.25, 0.3) is 0 Å². The highest BCUT2D eigenvalue weighted by atomic mass is 35.5. The zero-order valence-electron chi connectivity index (χ0n) is 15.5. The van der Waals surface area contributed by atoms with Gasteiger partial charge < -0.3 is 9.47 Å². The summed E-state index contributed by atoms with van der Waals surface area (Å²) in [7, 11) is 0. The minimum absolute atomic E-state index is 0.0421. The Hall–Kier alpha value is -2.08. The number of halogens is 1. The van der Waals surface area contributed by atoms with Gasteiger partial charge in [-0.1, -0.05) is 32.4 Å². The molecule has 0 spiro atoms. The minimum Gasteiger partial charge on any atom is -0.476 e. The zero-order chi connectivity index (χ0) is 18.8. The Balaban J connectivity index is 2.15. The van der Waals surface area contributed by atoms with Crippen molar-refractivity contribution in [1.82, 2.24) is 14.8 Å². The van der Waals surface area contributed by atoms with Crippen molar-refractivity contribution in [3.8, 4) is 11.7 Å². The molecule has 2 aromatic rings. The summed E-state index contributed by atoms with van der Waals surface area (Å²) < 4.78 is 12.5. The van der Waals surface area contributed by atoms with Gasteiger partial charge in [-0.25, -0.2) is 14.5 Å². The molecule has 2 heterocycles. The Morgan fingerprint density at radius 1 is 1.16 bits per heavy atom. The monoisotopic (exact) mass is 365 g/mol. The van der Waals surface area contributed by atoms with Gasteiger partial charge in [-0.3, -0.25) is 0 Å². The number of aromatic nitrogens is 3. The largest absolute Gasteiger partial charge is 0.476 e. The summed E-state index contributed by atoms with van der Waals surface area (Å²) in [6.07, 6.45) is 1.73. The van der Waals surface area contributed by atoms with E-state index >= 15 is 0 Å². The molecule has 0 aliphatic heterocycles. The first-order valence-electron chi connectivity index (χ1n) is 8.03. The molecule has 0 bridgehead atoms. The second-order valence-corrected chi connectivity index (χ2v) is 8.32. The molecule has 0 saturated carbocycles. The molecule has 6 nitrogen and oxygen atoms in total. The van der Waals surface area contributed by atoms with Gasteiger partial charge in [0, 0.05) is 12.3 Å². The third kappa shape index (κ3) is 5.74. The van der Waals surface area contributed by atoms with Crippen molar-refractivity contribution in [3.05, 3.63) is 35.1 Å². The Labute approximate surface area is 153 Å². The molecule has 0 amide bonds.